The van der Waals surface area contributed by atoms with Crippen molar-refractivity contribution in [1.29, 1.82) is 0 Å². The second-order valence-electron chi connectivity index (χ2n) is 3.04. The number of benzene rings is 1. The number of hydrogen-bond donors (Lipinski definition) is 2. The van der Waals surface area contributed by atoms with Crippen LogP contribution in [0, 0.1) is 10.1 Å². The van der Waals surface area contributed by atoms with Gasteiger partial charge in [-0.25, -0.2) is 0 Å². The van der Waals surface area contributed by atoms with Crippen LogP contribution in [0.5, 0.6) is 0 Å². The Morgan fingerprint density at radius 1 is 1.50 bits per heavy atom. The van der Waals surface area contributed by atoms with Crippen molar-refractivity contribution in [3.8, 4) is 0 Å². The predicted molar refractivity (Wildman–Crippen MR) is 65.2 cm³/mol. The molecule has 0 aliphatic rings. The molecule has 1 aromatic carbocycles. The Kier molecular flexibility index (Phi) is 3.73. The highest BCUT2D eigenvalue weighted by atomic mass is 35.5. The number of nitro groups is 1. The van der Waals surface area contributed by atoms with Gasteiger partial charge in [-0.1, -0.05) is 11.6 Å². The van der Waals surface area contributed by atoms with Gasteiger partial charge in [0.15, 0.2) is 5.81 Å². The Morgan fingerprint density at radius 2 is 2.12 bits per heavy atom. The maximum Gasteiger partial charge on any atom is 0.293 e. The number of rotatable bonds is 3. The van der Waals surface area contributed by atoms with Crippen LogP contribution in [-0.4, -0.2) is 25.6 Å². The SMILES string of the molecule is BC(=O)Nc1cc(NC)c([N+](=O)[O-])cc1Cl. The maximum atomic E-state index is 10.9. The van der Waals surface area contributed by atoms with Crippen LogP contribution in [0.4, 0.5) is 21.9 Å². The third-order valence-electron chi connectivity index (χ3n) is 1.86. The van der Waals surface area contributed by atoms with E-state index in [1.54, 1.807) is 7.05 Å². The molecular formula is C8H9BClN3O3. The van der Waals surface area contributed by atoms with E-state index in [0.717, 1.165) is 0 Å². The Morgan fingerprint density at radius 3 is 2.56 bits per heavy atom. The van der Waals surface area contributed by atoms with Crippen molar-refractivity contribution in [1.82, 2.24) is 0 Å². The number of amides is 1. The summed E-state index contributed by atoms with van der Waals surface area (Å²) in [4.78, 5) is 21.0. The van der Waals surface area contributed by atoms with Crippen LogP contribution in [0.15, 0.2) is 12.1 Å². The third kappa shape index (κ3) is 2.63. The van der Waals surface area contributed by atoms with Crippen molar-refractivity contribution in [2.45, 2.75) is 0 Å². The van der Waals surface area contributed by atoms with Crippen molar-refractivity contribution in [3.63, 3.8) is 0 Å². The van der Waals surface area contributed by atoms with Gasteiger partial charge >= 0.3 is 0 Å². The molecule has 0 fully saturated rings. The fraction of sp³-hybridized carbons (Fsp3) is 0.125. The summed E-state index contributed by atoms with van der Waals surface area (Å²) in [6, 6.07) is 2.61. The van der Waals surface area contributed by atoms with Gasteiger partial charge in [0.05, 0.1) is 15.6 Å². The second-order valence-corrected chi connectivity index (χ2v) is 3.44. The molecule has 0 aliphatic carbocycles. The Bertz CT molecular complexity index is 452. The van der Waals surface area contributed by atoms with Gasteiger partial charge in [0.25, 0.3) is 5.69 Å². The molecule has 1 rings (SSSR count). The summed E-state index contributed by atoms with van der Waals surface area (Å²) in [6.07, 6.45) is 0. The highest BCUT2D eigenvalue weighted by molar-refractivity contribution is 6.60. The average molecular weight is 241 g/mol. The van der Waals surface area contributed by atoms with E-state index >= 15 is 0 Å². The molecule has 0 saturated carbocycles. The van der Waals surface area contributed by atoms with E-state index in [-0.39, 0.29) is 22.2 Å². The van der Waals surface area contributed by atoms with Crippen molar-refractivity contribution < 1.29 is 9.72 Å². The van der Waals surface area contributed by atoms with Crippen molar-refractivity contribution in [2.24, 2.45) is 0 Å². The lowest BCUT2D eigenvalue weighted by atomic mass is 10.1. The van der Waals surface area contributed by atoms with Gasteiger partial charge in [0, 0.05) is 13.1 Å². The van der Waals surface area contributed by atoms with Crippen LogP contribution in [0.25, 0.3) is 0 Å². The van der Waals surface area contributed by atoms with Crippen molar-refractivity contribution in [3.05, 3.63) is 27.3 Å². The van der Waals surface area contributed by atoms with E-state index in [0.29, 0.717) is 5.69 Å². The first-order chi connectivity index (χ1) is 7.45. The molecule has 1 amide bonds. The molecule has 0 radical (unpaired) electrons. The monoisotopic (exact) mass is 241 g/mol. The molecule has 0 spiro atoms. The first-order valence-corrected chi connectivity index (χ1v) is 4.76. The molecule has 16 heavy (non-hydrogen) atoms. The van der Waals surface area contributed by atoms with Gasteiger partial charge in [-0.05, 0) is 6.07 Å². The van der Waals surface area contributed by atoms with E-state index in [4.69, 9.17) is 11.6 Å². The topological polar surface area (TPSA) is 84.3 Å². The molecule has 0 atom stereocenters. The van der Waals surface area contributed by atoms with Gasteiger partial charge < -0.3 is 10.6 Å². The first-order valence-electron chi connectivity index (χ1n) is 4.39. The van der Waals surface area contributed by atoms with E-state index in [1.807, 2.05) is 0 Å². The number of halogens is 1. The quantitative estimate of drug-likeness (QED) is 0.476. The summed E-state index contributed by atoms with van der Waals surface area (Å²) in [5.41, 5.74) is 0.490. The Balaban J connectivity index is 3.25. The molecule has 0 aliphatic heterocycles. The second kappa shape index (κ2) is 4.85. The fourth-order valence-electron chi connectivity index (χ4n) is 1.20. The fourth-order valence-corrected chi connectivity index (χ4v) is 1.40. The summed E-state index contributed by atoms with van der Waals surface area (Å²) >= 11 is 5.80. The third-order valence-corrected chi connectivity index (χ3v) is 2.17. The van der Waals surface area contributed by atoms with Crippen LogP contribution >= 0.6 is 11.6 Å². The molecule has 0 unspecified atom stereocenters. The zero-order chi connectivity index (χ0) is 12.3. The molecule has 0 bridgehead atoms. The van der Waals surface area contributed by atoms with E-state index < -0.39 is 4.92 Å². The van der Waals surface area contributed by atoms with E-state index in [2.05, 4.69) is 10.6 Å². The van der Waals surface area contributed by atoms with Gasteiger partial charge in [-0.3, -0.25) is 14.9 Å². The Labute approximate surface area is 97.5 Å². The smallest absolute Gasteiger partial charge is 0.293 e. The minimum atomic E-state index is -0.546. The normalized spacial score (nSPS) is 9.62. The van der Waals surface area contributed by atoms with Crippen molar-refractivity contribution >= 4 is 42.3 Å². The van der Waals surface area contributed by atoms with Gasteiger partial charge in [0.1, 0.15) is 5.69 Å². The van der Waals surface area contributed by atoms with Gasteiger partial charge in [0.2, 0.25) is 7.85 Å². The number of carbonyl (C=O) groups is 1. The van der Waals surface area contributed by atoms with Gasteiger partial charge in [-0.2, -0.15) is 0 Å². The number of nitro benzene ring substituents is 1. The molecular weight excluding hydrogens is 232 g/mol. The Hall–Kier alpha value is -1.76. The summed E-state index contributed by atoms with van der Waals surface area (Å²) in [5.74, 6) is -0.294. The number of anilines is 2. The standard InChI is InChI=1S/C8H9BClN3O3/c1-11-6-3-5(12-8(9)14)4(10)2-7(6)13(15)16/h2-3,11H,9H2,1H3,(H,12,14). The lowest BCUT2D eigenvalue weighted by Gasteiger charge is -2.08. The number of carbonyl (C=O) groups excluding carboxylic acids is 1. The molecule has 6 nitrogen and oxygen atoms in total. The van der Waals surface area contributed by atoms with Crippen LogP contribution in [-0.2, 0) is 0 Å². The summed E-state index contributed by atoms with van der Waals surface area (Å²) in [5, 5.41) is 16.0. The predicted octanol–water partition coefficient (Wildman–Crippen LogP) is 1.45. The number of nitrogens with one attached hydrogen (secondary N) is 2. The zero-order valence-electron chi connectivity index (χ0n) is 8.70. The van der Waals surface area contributed by atoms with Crippen LogP contribution in [0.2, 0.25) is 5.02 Å². The lowest BCUT2D eigenvalue weighted by molar-refractivity contribution is -0.383. The highest BCUT2D eigenvalue weighted by Gasteiger charge is 2.16. The zero-order valence-corrected chi connectivity index (χ0v) is 9.46. The van der Waals surface area contributed by atoms with Crippen LogP contribution < -0.4 is 10.6 Å². The lowest BCUT2D eigenvalue weighted by Crippen LogP contribution is -2.09. The summed E-state index contributed by atoms with van der Waals surface area (Å²) in [6.45, 7) is 0. The minimum Gasteiger partial charge on any atom is -0.383 e. The average Bonchev–Trinajstić information content (AvgIpc) is 2.19. The largest absolute Gasteiger partial charge is 0.383 e. The van der Waals surface area contributed by atoms with Gasteiger partial charge in [-0.15, -0.1) is 0 Å². The molecule has 0 heterocycles. The number of hydrogen-bond acceptors (Lipinski definition) is 4. The summed E-state index contributed by atoms with van der Waals surface area (Å²) in [7, 11) is 2.88. The van der Waals surface area contributed by atoms with Crippen LogP contribution in [0.1, 0.15) is 0 Å². The molecule has 84 valence electrons. The molecule has 2 N–H and O–H groups in total. The highest BCUT2D eigenvalue weighted by Crippen LogP contribution is 2.33. The van der Waals surface area contributed by atoms with E-state index in [1.165, 1.54) is 20.0 Å². The first kappa shape index (κ1) is 12.3. The molecule has 1 aromatic rings. The molecule has 0 saturated heterocycles. The van der Waals surface area contributed by atoms with E-state index in [9.17, 15) is 14.9 Å². The molecule has 8 heteroatoms. The molecule has 0 aromatic heterocycles. The van der Waals surface area contributed by atoms with Crippen LogP contribution in [0.3, 0.4) is 0 Å². The number of nitrogens with zero attached hydrogens (tertiary/aromatic N) is 1. The summed E-state index contributed by atoms with van der Waals surface area (Å²) < 4.78 is 0. The van der Waals surface area contributed by atoms with Crippen molar-refractivity contribution in [2.75, 3.05) is 17.7 Å². The minimum absolute atomic E-state index is 0.126. The maximum absolute atomic E-state index is 10.9.